The number of nitrogens with zero attached hydrogens (tertiary/aromatic N) is 1. The van der Waals surface area contributed by atoms with Crippen LogP contribution in [0.2, 0.25) is 0 Å². The second-order valence-electron chi connectivity index (χ2n) is 30.9. The van der Waals surface area contributed by atoms with Gasteiger partial charge >= 0.3 is 18.1 Å². The maximum atomic E-state index is 14.7. The van der Waals surface area contributed by atoms with Crippen molar-refractivity contribution in [3.05, 3.63) is 35.9 Å². The van der Waals surface area contributed by atoms with E-state index in [9.17, 15) is 44.4 Å². The highest BCUT2D eigenvalue weighted by molar-refractivity contribution is 5.96. The van der Waals surface area contributed by atoms with Crippen molar-refractivity contribution in [1.82, 2.24) is 16.0 Å². The van der Waals surface area contributed by atoms with Gasteiger partial charge in [-0.2, -0.15) is 0 Å². The SMILES string of the molecule is CCCCCCCCCCCCCCCCCC(=O)NC(=O)N[C@@H](CCCCNC(=O)CCCCCCCCCCC)C(=O)OCCN(C(=O)OC1CCC2(C)C(=CCC3C2CCC2(C)C(C(C)CCCC(C)C)CCC32)C1)c1ccc(O[C@@H]2OC(CO)[C@H](O)[C@H](O)C2O)cc1. The third-order valence-corrected chi connectivity index (χ3v) is 23.2. The molecule has 0 aromatic heterocycles. The number of amides is 5. The Morgan fingerprint density at radius 1 is 0.646 bits per heavy atom. The number of aliphatic hydroxyl groups excluding tert-OH is 4. The lowest BCUT2D eigenvalue weighted by atomic mass is 9.47. The van der Waals surface area contributed by atoms with Gasteiger partial charge in [-0.25, -0.2) is 14.4 Å². The highest BCUT2D eigenvalue weighted by Crippen LogP contribution is 2.67. The molecule has 17 heteroatoms. The molecule has 4 fully saturated rings. The molecule has 4 aliphatic carbocycles. The van der Waals surface area contributed by atoms with E-state index < -0.39 is 73.5 Å². The Kier molecular flexibility index (Phi) is 36.5. The van der Waals surface area contributed by atoms with Crippen molar-refractivity contribution in [3.63, 3.8) is 0 Å². The fourth-order valence-electron chi connectivity index (χ4n) is 17.3. The number of aliphatic hydroxyl groups is 4. The Bertz CT molecular complexity index is 2440. The first-order valence-electron chi connectivity index (χ1n) is 39.1. The summed E-state index contributed by atoms with van der Waals surface area (Å²) in [6, 6.07) is 4.38. The van der Waals surface area contributed by atoms with Gasteiger partial charge in [-0.3, -0.25) is 19.8 Å². The van der Waals surface area contributed by atoms with Crippen LogP contribution >= 0.6 is 0 Å². The molecule has 6 rings (SSSR count). The summed E-state index contributed by atoms with van der Waals surface area (Å²) in [5, 5.41) is 49.5. The number of esters is 1. The van der Waals surface area contributed by atoms with E-state index in [1.807, 2.05) is 0 Å². The van der Waals surface area contributed by atoms with Gasteiger partial charge < -0.3 is 50.0 Å². The number of anilines is 1. The van der Waals surface area contributed by atoms with Gasteiger partial charge in [0.25, 0.3) is 0 Å². The number of carbonyl (C=O) groups excluding carboxylic acids is 5. The molecule has 0 bridgehead atoms. The molecule has 3 saturated carbocycles. The van der Waals surface area contributed by atoms with Gasteiger partial charge in [0.15, 0.2) is 0 Å². The Hall–Kier alpha value is -4.29. The van der Waals surface area contributed by atoms with Crippen LogP contribution in [0.3, 0.4) is 0 Å². The molecule has 1 saturated heterocycles. The Balaban J connectivity index is 1.06. The molecule has 1 aliphatic heterocycles. The van der Waals surface area contributed by atoms with E-state index in [0.29, 0.717) is 68.0 Å². The van der Waals surface area contributed by atoms with E-state index in [0.717, 1.165) is 75.0 Å². The first kappa shape index (κ1) is 80.7. The van der Waals surface area contributed by atoms with Crippen LogP contribution in [0.4, 0.5) is 15.3 Å². The molecule has 10 unspecified atom stereocenters. The van der Waals surface area contributed by atoms with E-state index in [1.54, 1.807) is 24.3 Å². The molecule has 14 atom stereocenters. The molecule has 96 heavy (non-hydrogen) atoms. The van der Waals surface area contributed by atoms with E-state index in [1.165, 1.54) is 165 Å². The maximum Gasteiger partial charge on any atom is 0.414 e. The molecular formula is C79H134N4O13. The first-order valence-corrected chi connectivity index (χ1v) is 39.1. The largest absolute Gasteiger partial charge is 0.462 e. The molecule has 1 heterocycles. The smallest absolute Gasteiger partial charge is 0.414 e. The van der Waals surface area contributed by atoms with Crippen LogP contribution in [-0.4, -0.2) is 119 Å². The monoisotopic (exact) mass is 1350 g/mol. The number of hydrogen-bond donors (Lipinski definition) is 7. The minimum atomic E-state index is -1.64. The standard InChI is InChI=1S/C79H134N4O13/c1-8-10-12-14-16-18-19-20-21-22-23-25-27-29-31-39-70(86)82-76(91)81-67(37-32-33-52-80-69(85)38-30-28-26-24-17-15-13-11-9-2)74(90)93-54-53-83(60-41-43-61(44-42-60)94-75-73(89)72(88)71(87)68(56-84)96-75)77(92)95-62-48-50-78(6)59(55-62)40-45-63-65-47-46-64(58(5)36-34-35-57(3)4)79(65,7)51-49-66(63)78/h40-44,57-58,62-68,71-73,75,84,87-89H,8-39,45-56H2,1-7H3,(H,80,85)(H2,81,82,86,91)/t58?,62?,63?,64?,65?,66?,67-,68?,71-,72-,73?,75+,78?,79?/m0/s1. The van der Waals surface area contributed by atoms with E-state index in [2.05, 4.69) is 70.5 Å². The first-order chi connectivity index (χ1) is 46.3. The van der Waals surface area contributed by atoms with Crippen LogP contribution in [0, 0.1) is 46.3 Å². The molecule has 1 aromatic carbocycles. The summed E-state index contributed by atoms with van der Waals surface area (Å²) in [6.45, 7) is 16.1. The number of benzene rings is 1. The van der Waals surface area contributed by atoms with Crippen molar-refractivity contribution in [2.24, 2.45) is 46.3 Å². The number of imide groups is 1. The van der Waals surface area contributed by atoms with Crippen molar-refractivity contribution in [2.45, 2.75) is 348 Å². The van der Waals surface area contributed by atoms with Gasteiger partial charge in [-0.05, 0) is 148 Å². The van der Waals surface area contributed by atoms with Crippen LogP contribution in [-0.2, 0) is 28.6 Å². The second kappa shape index (κ2) is 43.4. The number of nitrogens with one attached hydrogen (secondary N) is 3. The van der Waals surface area contributed by atoms with E-state index in [-0.39, 0.29) is 43.1 Å². The Morgan fingerprint density at radius 3 is 1.83 bits per heavy atom. The zero-order valence-electron chi connectivity index (χ0n) is 60.9. The molecule has 548 valence electrons. The van der Waals surface area contributed by atoms with E-state index in [4.69, 9.17) is 18.9 Å². The molecule has 0 spiro atoms. The lowest BCUT2D eigenvalue weighted by Gasteiger charge is -2.58. The fourth-order valence-corrected chi connectivity index (χ4v) is 17.3. The zero-order chi connectivity index (χ0) is 69.3. The predicted octanol–water partition coefficient (Wildman–Crippen LogP) is 16.4. The molecule has 0 radical (unpaired) electrons. The molecule has 17 nitrogen and oxygen atoms in total. The summed E-state index contributed by atoms with van der Waals surface area (Å²) in [5.74, 6) is 3.24. The third kappa shape index (κ3) is 25.7. The van der Waals surface area contributed by atoms with Crippen molar-refractivity contribution in [3.8, 4) is 5.75 Å². The quantitative estimate of drug-likeness (QED) is 0.0183. The minimum Gasteiger partial charge on any atom is -0.462 e. The average molecular weight is 1350 g/mol. The number of urea groups is 1. The number of rotatable bonds is 46. The number of hydrogen-bond acceptors (Lipinski definition) is 13. The highest BCUT2D eigenvalue weighted by Gasteiger charge is 2.59. The third-order valence-electron chi connectivity index (χ3n) is 23.2. The molecule has 5 aliphatic rings. The lowest BCUT2D eigenvalue weighted by molar-refractivity contribution is -0.277. The van der Waals surface area contributed by atoms with Gasteiger partial charge in [0.2, 0.25) is 18.1 Å². The van der Waals surface area contributed by atoms with Crippen LogP contribution in [0.5, 0.6) is 5.75 Å². The van der Waals surface area contributed by atoms with Crippen molar-refractivity contribution in [1.29, 1.82) is 0 Å². The Labute approximate surface area is 579 Å². The molecule has 7 N–H and O–H groups in total. The minimum absolute atomic E-state index is 0.00851. The predicted molar refractivity (Wildman–Crippen MR) is 381 cm³/mol. The zero-order valence-corrected chi connectivity index (χ0v) is 60.9. The topological polar surface area (TPSA) is 243 Å². The van der Waals surface area contributed by atoms with Crippen molar-refractivity contribution >= 4 is 35.6 Å². The van der Waals surface area contributed by atoms with Gasteiger partial charge in [0.1, 0.15) is 48.9 Å². The van der Waals surface area contributed by atoms with Crippen LogP contribution in [0.15, 0.2) is 35.9 Å². The average Bonchev–Trinajstić information content (AvgIpc) is 1.38. The number of unbranched alkanes of at least 4 members (excludes halogenated alkanes) is 23. The van der Waals surface area contributed by atoms with E-state index >= 15 is 0 Å². The van der Waals surface area contributed by atoms with Crippen molar-refractivity contribution < 1.29 is 63.3 Å². The summed E-state index contributed by atoms with van der Waals surface area (Å²) in [6.07, 6.45) is 36.8. The second-order valence-corrected chi connectivity index (χ2v) is 30.9. The van der Waals surface area contributed by atoms with Gasteiger partial charge in [-0.1, -0.05) is 221 Å². The van der Waals surface area contributed by atoms with Gasteiger partial charge in [-0.15, -0.1) is 0 Å². The molecule has 5 amide bonds. The summed E-state index contributed by atoms with van der Waals surface area (Å²) in [7, 11) is 0. The lowest BCUT2D eigenvalue weighted by Crippen LogP contribution is -2.60. The molecular weight excluding hydrogens is 1210 g/mol. The number of carbonyl (C=O) groups is 5. The Morgan fingerprint density at radius 2 is 1.24 bits per heavy atom. The van der Waals surface area contributed by atoms with Gasteiger partial charge in [0, 0.05) is 31.5 Å². The number of allylic oxidation sites excluding steroid dienone is 1. The normalized spacial score (nSPS) is 26.7. The van der Waals surface area contributed by atoms with Crippen LogP contribution in [0.25, 0.3) is 0 Å². The summed E-state index contributed by atoms with van der Waals surface area (Å²) in [5.41, 5.74) is 2.17. The molecule has 1 aromatic rings. The summed E-state index contributed by atoms with van der Waals surface area (Å²) < 4.78 is 23.9. The van der Waals surface area contributed by atoms with Crippen molar-refractivity contribution in [2.75, 3.05) is 31.2 Å². The van der Waals surface area contributed by atoms with Crippen LogP contribution in [0.1, 0.15) is 305 Å². The maximum absolute atomic E-state index is 14.7. The highest BCUT2D eigenvalue weighted by atomic mass is 16.7. The van der Waals surface area contributed by atoms with Crippen LogP contribution < -0.4 is 25.6 Å². The number of ether oxygens (including phenoxy) is 4. The number of fused-ring (bicyclic) bond motifs is 5. The summed E-state index contributed by atoms with van der Waals surface area (Å²) >= 11 is 0. The fraction of sp³-hybridized carbons (Fsp3) is 0.835. The van der Waals surface area contributed by atoms with Gasteiger partial charge in [0.05, 0.1) is 13.2 Å². The summed E-state index contributed by atoms with van der Waals surface area (Å²) in [4.78, 5) is 69.6.